The number of nitrogens with zero attached hydrogens (tertiary/aromatic N) is 7. The second-order valence-electron chi connectivity index (χ2n) is 9.42. The summed E-state index contributed by atoms with van der Waals surface area (Å²) in [6.45, 7) is 9.38. The summed E-state index contributed by atoms with van der Waals surface area (Å²) in [4.78, 5) is 17.8. The Kier molecular flexibility index (Phi) is 7.06. The summed E-state index contributed by atoms with van der Waals surface area (Å²) in [6, 6.07) is 10.5. The number of carbonyl (C=O) groups is 1. The number of pyridine rings is 1. The predicted molar refractivity (Wildman–Crippen MR) is 148 cm³/mol. The van der Waals surface area contributed by atoms with Crippen molar-refractivity contribution in [2.75, 3.05) is 5.32 Å². The van der Waals surface area contributed by atoms with Crippen LogP contribution in [0.4, 0.5) is 14.5 Å². The minimum Gasteiger partial charge on any atom is -0.321 e. The van der Waals surface area contributed by atoms with Gasteiger partial charge in [-0.2, -0.15) is 15.3 Å². The molecule has 0 aliphatic heterocycles. The van der Waals surface area contributed by atoms with E-state index in [1.54, 1.807) is 23.7 Å². The molecule has 1 aromatic carbocycles. The van der Waals surface area contributed by atoms with Crippen LogP contribution >= 0.6 is 15.9 Å². The van der Waals surface area contributed by atoms with Crippen LogP contribution in [0.25, 0.3) is 22.3 Å². The standard InChI is InChI=1S/C27H27BrF2N8O/c1-14-23-20(26(29)30)11-21(19-9-7-6-8-10-19)31-27(23)36(33-14)12-22(39)32-25-16(3)35-38(18(25)5)13-37-17(4)24(28)15(2)34-37/h6-11,26H,12-13H2,1-5H3,(H,32,39). The molecule has 0 radical (unpaired) electrons. The van der Waals surface area contributed by atoms with Crippen LogP contribution in [-0.2, 0) is 18.0 Å². The maximum Gasteiger partial charge on any atom is 0.264 e. The third-order valence-corrected chi connectivity index (χ3v) is 7.86. The molecule has 0 bridgehead atoms. The van der Waals surface area contributed by atoms with E-state index in [4.69, 9.17) is 0 Å². The first-order valence-electron chi connectivity index (χ1n) is 12.3. The van der Waals surface area contributed by atoms with Gasteiger partial charge in [0.25, 0.3) is 6.43 Å². The fourth-order valence-corrected chi connectivity index (χ4v) is 4.98. The maximum atomic E-state index is 14.1. The molecule has 39 heavy (non-hydrogen) atoms. The molecule has 0 fully saturated rings. The van der Waals surface area contributed by atoms with E-state index in [9.17, 15) is 13.6 Å². The quantitative estimate of drug-likeness (QED) is 0.253. The normalized spacial score (nSPS) is 11.6. The van der Waals surface area contributed by atoms with Crippen LogP contribution in [-0.4, -0.2) is 40.2 Å². The van der Waals surface area contributed by atoms with Gasteiger partial charge in [0.1, 0.15) is 13.2 Å². The lowest BCUT2D eigenvalue weighted by molar-refractivity contribution is -0.116. The molecule has 0 atom stereocenters. The molecule has 4 aromatic heterocycles. The molecule has 4 heterocycles. The average molecular weight is 597 g/mol. The van der Waals surface area contributed by atoms with Crippen molar-refractivity contribution in [1.29, 1.82) is 0 Å². The van der Waals surface area contributed by atoms with E-state index in [2.05, 4.69) is 41.5 Å². The summed E-state index contributed by atoms with van der Waals surface area (Å²) in [7, 11) is 0. The molecule has 0 unspecified atom stereocenters. The number of hydrogen-bond donors (Lipinski definition) is 1. The molecular weight excluding hydrogens is 570 g/mol. The molecule has 0 spiro atoms. The number of aromatic nitrogens is 7. The highest BCUT2D eigenvalue weighted by atomic mass is 79.9. The number of hydrogen-bond acceptors (Lipinski definition) is 5. The van der Waals surface area contributed by atoms with Gasteiger partial charge in [0.15, 0.2) is 5.65 Å². The van der Waals surface area contributed by atoms with Crippen LogP contribution in [0.2, 0.25) is 0 Å². The Morgan fingerprint density at radius 2 is 1.56 bits per heavy atom. The number of benzene rings is 1. The smallest absolute Gasteiger partial charge is 0.264 e. The van der Waals surface area contributed by atoms with Gasteiger partial charge in [-0.3, -0.25) is 4.79 Å². The minimum absolute atomic E-state index is 0.160. The van der Waals surface area contributed by atoms with Gasteiger partial charge < -0.3 is 5.32 Å². The van der Waals surface area contributed by atoms with Gasteiger partial charge >= 0.3 is 0 Å². The average Bonchev–Trinajstić information content (AvgIpc) is 3.45. The van der Waals surface area contributed by atoms with Crippen LogP contribution in [0, 0.1) is 34.6 Å². The zero-order chi connectivity index (χ0) is 28.0. The highest BCUT2D eigenvalue weighted by molar-refractivity contribution is 9.10. The molecule has 12 heteroatoms. The summed E-state index contributed by atoms with van der Waals surface area (Å²) in [6.07, 6.45) is -2.72. The summed E-state index contributed by atoms with van der Waals surface area (Å²) >= 11 is 3.54. The molecule has 0 saturated carbocycles. The number of alkyl halides is 2. The first-order chi connectivity index (χ1) is 18.5. The first-order valence-corrected chi connectivity index (χ1v) is 13.1. The van der Waals surface area contributed by atoms with Gasteiger partial charge in [0.2, 0.25) is 5.91 Å². The van der Waals surface area contributed by atoms with E-state index in [-0.39, 0.29) is 29.0 Å². The zero-order valence-electron chi connectivity index (χ0n) is 22.1. The van der Waals surface area contributed by atoms with E-state index >= 15 is 0 Å². The largest absolute Gasteiger partial charge is 0.321 e. The van der Waals surface area contributed by atoms with E-state index in [0.29, 0.717) is 35.0 Å². The maximum absolute atomic E-state index is 14.1. The van der Waals surface area contributed by atoms with Gasteiger partial charge in [-0.15, -0.1) is 0 Å². The van der Waals surface area contributed by atoms with E-state index in [1.165, 1.54) is 10.7 Å². The molecule has 1 amide bonds. The van der Waals surface area contributed by atoms with Crippen molar-refractivity contribution in [1.82, 2.24) is 34.3 Å². The number of anilines is 1. The van der Waals surface area contributed by atoms with Crippen LogP contribution in [0.5, 0.6) is 0 Å². The van der Waals surface area contributed by atoms with Gasteiger partial charge in [-0.1, -0.05) is 30.3 Å². The third-order valence-electron chi connectivity index (χ3n) is 6.71. The van der Waals surface area contributed by atoms with Crippen molar-refractivity contribution in [2.45, 2.75) is 54.3 Å². The summed E-state index contributed by atoms with van der Waals surface area (Å²) in [5.41, 5.74) is 5.39. The lowest BCUT2D eigenvalue weighted by Crippen LogP contribution is -2.21. The van der Waals surface area contributed by atoms with Crippen molar-refractivity contribution < 1.29 is 13.6 Å². The van der Waals surface area contributed by atoms with E-state index in [0.717, 1.165) is 21.6 Å². The van der Waals surface area contributed by atoms with Crippen molar-refractivity contribution in [3.63, 3.8) is 0 Å². The van der Waals surface area contributed by atoms with Crippen molar-refractivity contribution >= 4 is 38.6 Å². The SMILES string of the molecule is Cc1nn(Cn2nc(C)c(NC(=O)Cn3nc(C)c4c(C(F)F)cc(-c5ccccc5)nc43)c2C)c(C)c1Br. The second-order valence-corrected chi connectivity index (χ2v) is 10.2. The Morgan fingerprint density at radius 1 is 0.923 bits per heavy atom. The molecule has 1 N–H and O–H groups in total. The van der Waals surface area contributed by atoms with E-state index in [1.807, 2.05) is 50.6 Å². The summed E-state index contributed by atoms with van der Waals surface area (Å²) < 4.78 is 34.1. The minimum atomic E-state index is -2.72. The Bertz CT molecular complexity index is 1700. The predicted octanol–water partition coefficient (Wildman–Crippen LogP) is 5.88. The molecule has 0 saturated heterocycles. The number of nitrogens with one attached hydrogen (secondary N) is 1. The van der Waals surface area contributed by atoms with Gasteiger partial charge in [-0.05, 0) is 56.6 Å². The van der Waals surface area contributed by atoms with Crippen molar-refractivity contribution in [3.05, 3.63) is 74.9 Å². The highest BCUT2D eigenvalue weighted by Gasteiger charge is 2.23. The Hall–Kier alpha value is -3.93. The second kappa shape index (κ2) is 10.3. The molecular formula is C27H27BrF2N8O. The highest BCUT2D eigenvalue weighted by Crippen LogP contribution is 2.33. The van der Waals surface area contributed by atoms with E-state index < -0.39 is 6.43 Å². The molecule has 5 aromatic rings. The monoisotopic (exact) mass is 596 g/mol. The van der Waals surface area contributed by atoms with Crippen LogP contribution in [0.15, 0.2) is 40.9 Å². The van der Waals surface area contributed by atoms with Crippen LogP contribution in [0.1, 0.15) is 40.5 Å². The lowest BCUT2D eigenvalue weighted by Gasteiger charge is -2.10. The summed E-state index contributed by atoms with van der Waals surface area (Å²) in [5.74, 6) is -0.371. The fraction of sp³-hybridized carbons (Fsp3) is 0.296. The van der Waals surface area contributed by atoms with Crippen LogP contribution in [0.3, 0.4) is 0 Å². The number of rotatable bonds is 7. The lowest BCUT2D eigenvalue weighted by atomic mass is 10.1. The number of carbonyl (C=O) groups excluding carboxylic acids is 1. The zero-order valence-corrected chi connectivity index (χ0v) is 23.7. The molecule has 5 rings (SSSR count). The number of aryl methyl sites for hydroxylation is 3. The summed E-state index contributed by atoms with van der Waals surface area (Å²) in [5, 5.41) is 16.7. The molecule has 202 valence electrons. The van der Waals surface area contributed by atoms with Crippen LogP contribution < -0.4 is 5.32 Å². The van der Waals surface area contributed by atoms with Gasteiger partial charge in [0.05, 0.1) is 49.7 Å². The Balaban J connectivity index is 1.44. The van der Waals surface area contributed by atoms with Gasteiger partial charge in [-0.25, -0.2) is 27.8 Å². The fourth-order valence-electron chi connectivity index (χ4n) is 4.70. The number of halogens is 3. The van der Waals surface area contributed by atoms with Gasteiger partial charge in [0, 0.05) is 11.1 Å². The topological polar surface area (TPSA) is 95.5 Å². The number of amides is 1. The number of fused-ring (bicyclic) bond motifs is 1. The third kappa shape index (κ3) is 4.96. The Labute approximate surface area is 232 Å². The molecule has 0 aliphatic carbocycles. The van der Waals surface area contributed by atoms with Crippen molar-refractivity contribution in [2.24, 2.45) is 0 Å². The molecule has 9 nitrogen and oxygen atoms in total. The first kappa shape index (κ1) is 26.7. The van der Waals surface area contributed by atoms with Crippen molar-refractivity contribution in [3.8, 4) is 11.3 Å². The molecule has 0 aliphatic rings. The Morgan fingerprint density at radius 3 is 2.21 bits per heavy atom.